The Morgan fingerprint density at radius 2 is 1.84 bits per heavy atom. The molecule has 2 aromatic heterocycles. The highest BCUT2D eigenvalue weighted by atomic mass is 32.1. The van der Waals surface area contributed by atoms with Crippen LogP contribution < -0.4 is 5.32 Å². The lowest BCUT2D eigenvalue weighted by molar-refractivity contribution is -0.142. The summed E-state index contributed by atoms with van der Waals surface area (Å²) >= 11 is 1.26. The molecule has 0 unspecified atom stereocenters. The molecular weight excluding hydrogens is 426 g/mol. The number of rotatable bonds is 7. The van der Waals surface area contributed by atoms with Crippen LogP contribution in [0.2, 0.25) is 0 Å². The van der Waals surface area contributed by atoms with E-state index in [0.29, 0.717) is 23.0 Å². The lowest BCUT2D eigenvalue weighted by Crippen LogP contribution is -2.12. The lowest BCUT2D eigenvalue weighted by atomic mass is 10.1. The van der Waals surface area contributed by atoms with Crippen LogP contribution in [0.15, 0.2) is 60.1 Å². The first kappa shape index (κ1) is 21.4. The highest BCUT2D eigenvalue weighted by Gasteiger charge is 2.13. The highest BCUT2D eigenvalue weighted by molar-refractivity contribution is 7.14. The van der Waals surface area contributed by atoms with Crippen LogP contribution in [0.1, 0.15) is 28.5 Å². The van der Waals surface area contributed by atoms with E-state index in [2.05, 4.69) is 20.6 Å². The van der Waals surface area contributed by atoms with E-state index in [-0.39, 0.29) is 18.3 Å². The van der Waals surface area contributed by atoms with Crippen molar-refractivity contribution in [3.8, 4) is 16.9 Å². The van der Waals surface area contributed by atoms with Crippen molar-refractivity contribution in [2.24, 2.45) is 0 Å². The van der Waals surface area contributed by atoms with Crippen LogP contribution in [0.4, 0.5) is 5.13 Å². The summed E-state index contributed by atoms with van der Waals surface area (Å²) in [4.78, 5) is 28.4. The predicted octanol–water partition coefficient (Wildman–Crippen LogP) is 4.06. The Morgan fingerprint density at radius 1 is 1.09 bits per heavy atom. The maximum atomic E-state index is 12.6. The third-order valence-corrected chi connectivity index (χ3v) is 5.48. The molecule has 2 heterocycles. The maximum absolute atomic E-state index is 12.6. The first-order chi connectivity index (χ1) is 15.5. The van der Waals surface area contributed by atoms with E-state index in [1.807, 2.05) is 43.3 Å². The maximum Gasteiger partial charge on any atom is 0.311 e. The van der Waals surface area contributed by atoms with Crippen molar-refractivity contribution in [3.05, 3.63) is 76.9 Å². The van der Waals surface area contributed by atoms with Crippen LogP contribution in [-0.4, -0.2) is 38.5 Å². The fraction of sp³-hybridized carbons (Fsp3) is 0.174. The Bertz CT molecular complexity index is 1230. The molecule has 0 aliphatic carbocycles. The molecule has 2 aromatic carbocycles. The minimum absolute atomic E-state index is 0.0795. The van der Waals surface area contributed by atoms with E-state index in [1.165, 1.54) is 16.9 Å². The van der Waals surface area contributed by atoms with Crippen molar-refractivity contribution in [2.45, 2.75) is 20.3 Å². The molecule has 1 N–H and O–H groups in total. The second-order valence-corrected chi connectivity index (χ2v) is 7.88. The quantitative estimate of drug-likeness (QED) is 0.429. The molecule has 0 fully saturated rings. The molecule has 4 aromatic rings. The topological polar surface area (TPSA) is 99.0 Å². The summed E-state index contributed by atoms with van der Waals surface area (Å²) in [6.45, 7) is 4.11. The normalized spacial score (nSPS) is 10.7. The number of carbonyl (C=O) groups is 2. The molecule has 0 saturated carbocycles. The Morgan fingerprint density at radius 3 is 2.56 bits per heavy atom. The van der Waals surface area contributed by atoms with E-state index in [4.69, 9.17) is 4.74 Å². The van der Waals surface area contributed by atoms with Crippen molar-refractivity contribution >= 4 is 28.3 Å². The van der Waals surface area contributed by atoms with Crippen LogP contribution in [0.3, 0.4) is 0 Å². The number of hydrogen-bond acceptors (Lipinski definition) is 7. The minimum atomic E-state index is -0.343. The van der Waals surface area contributed by atoms with Gasteiger partial charge in [0.15, 0.2) is 5.13 Å². The summed E-state index contributed by atoms with van der Waals surface area (Å²) in [5.74, 6) is -0.629. The number of aromatic nitrogens is 4. The number of ether oxygens (including phenoxy) is 1. The van der Waals surface area contributed by atoms with E-state index in [0.717, 1.165) is 16.9 Å². The standard InChI is InChI=1S/C23H21N5O3S/c1-3-31-21(29)12-18-14-32-23(25-18)26-22(30)17-8-10-19(11-9-17)28-20(13-24-27-28)16-6-4-15(2)5-7-16/h4-11,13-14H,3,12H2,1-2H3,(H,25,26,30). The van der Waals surface area contributed by atoms with E-state index in [1.54, 1.807) is 35.3 Å². The summed E-state index contributed by atoms with van der Waals surface area (Å²) in [6, 6.07) is 15.2. The van der Waals surface area contributed by atoms with Crippen molar-refractivity contribution in [1.82, 2.24) is 20.0 Å². The number of nitrogens with zero attached hydrogens (tertiary/aromatic N) is 4. The van der Waals surface area contributed by atoms with Gasteiger partial charge in [-0.15, -0.1) is 16.4 Å². The average Bonchev–Trinajstić information content (AvgIpc) is 3.44. The Kier molecular flexibility index (Phi) is 6.37. The van der Waals surface area contributed by atoms with Crippen LogP contribution in [0.5, 0.6) is 0 Å². The van der Waals surface area contributed by atoms with Gasteiger partial charge in [0, 0.05) is 16.5 Å². The number of anilines is 1. The van der Waals surface area contributed by atoms with Crippen molar-refractivity contribution in [1.29, 1.82) is 0 Å². The van der Waals surface area contributed by atoms with Gasteiger partial charge in [-0.1, -0.05) is 35.0 Å². The Hall–Kier alpha value is -3.85. The van der Waals surface area contributed by atoms with Gasteiger partial charge in [0.05, 0.1) is 36.3 Å². The van der Waals surface area contributed by atoms with Gasteiger partial charge in [-0.2, -0.15) is 0 Å². The van der Waals surface area contributed by atoms with Gasteiger partial charge in [-0.05, 0) is 38.1 Å². The molecule has 4 rings (SSSR count). The van der Waals surface area contributed by atoms with E-state index in [9.17, 15) is 9.59 Å². The largest absolute Gasteiger partial charge is 0.466 e. The smallest absolute Gasteiger partial charge is 0.311 e. The second-order valence-electron chi connectivity index (χ2n) is 7.02. The summed E-state index contributed by atoms with van der Waals surface area (Å²) in [6.07, 6.45) is 1.79. The van der Waals surface area contributed by atoms with Crippen LogP contribution in [0, 0.1) is 6.92 Å². The second kappa shape index (κ2) is 9.52. The molecule has 0 aliphatic rings. The number of amides is 1. The van der Waals surface area contributed by atoms with Crippen molar-refractivity contribution < 1.29 is 14.3 Å². The molecule has 0 aliphatic heterocycles. The van der Waals surface area contributed by atoms with Crippen LogP contribution in [0.25, 0.3) is 16.9 Å². The van der Waals surface area contributed by atoms with Crippen molar-refractivity contribution in [3.63, 3.8) is 0 Å². The van der Waals surface area contributed by atoms with E-state index >= 15 is 0 Å². The van der Waals surface area contributed by atoms with Crippen LogP contribution in [-0.2, 0) is 16.0 Å². The minimum Gasteiger partial charge on any atom is -0.466 e. The highest BCUT2D eigenvalue weighted by Crippen LogP contribution is 2.23. The molecule has 162 valence electrons. The average molecular weight is 448 g/mol. The van der Waals surface area contributed by atoms with Gasteiger partial charge in [0.1, 0.15) is 0 Å². The van der Waals surface area contributed by atoms with Crippen LogP contribution >= 0.6 is 11.3 Å². The predicted molar refractivity (Wildman–Crippen MR) is 122 cm³/mol. The summed E-state index contributed by atoms with van der Waals surface area (Å²) in [5.41, 5.74) is 4.88. The first-order valence-corrected chi connectivity index (χ1v) is 10.9. The number of carbonyl (C=O) groups excluding carboxylic acids is 2. The zero-order valence-electron chi connectivity index (χ0n) is 17.6. The molecule has 0 saturated heterocycles. The Balaban J connectivity index is 1.45. The molecule has 32 heavy (non-hydrogen) atoms. The SMILES string of the molecule is CCOC(=O)Cc1csc(NC(=O)c2ccc(-n3nncc3-c3ccc(C)cc3)cc2)n1. The van der Waals surface area contributed by atoms with Gasteiger partial charge in [-0.3, -0.25) is 14.9 Å². The van der Waals surface area contributed by atoms with Gasteiger partial charge in [0.2, 0.25) is 0 Å². The fourth-order valence-corrected chi connectivity index (χ4v) is 3.78. The fourth-order valence-electron chi connectivity index (χ4n) is 3.08. The molecule has 8 nitrogen and oxygen atoms in total. The molecule has 1 amide bonds. The zero-order chi connectivity index (χ0) is 22.5. The molecule has 0 spiro atoms. The molecule has 9 heteroatoms. The molecular formula is C23H21N5O3S. The van der Waals surface area contributed by atoms with Gasteiger partial charge >= 0.3 is 5.97 Å². The van der Waals surface area contributed by atoms with Gasteiger partial charge in [-0.25, -0.2) is 9.67 Å². The van der Waals surface area contributed by atoms with Gasteiger partial charge in [0.25, 0.3) is 5.91 Å². The van der Waals surface area contributed by atoms with Gasteiger partial charge < -0.3 is 4.74 Å². The zero-order valence-corrected chi connectivity index (χ0v) is 18.4. The summed E-state index contributed by atoms with van der Waals surface area (Å²) in [7, 11) is 0. The monoisotopic (exact) mass is 447 g/mol. The number of aryl methyl sites for hydroxylation is 1. The first-order valence-electron chi connectivity index (χ1n) is 10.0. The number of esters is 1. The lowest BCUT2D eigenvalue weighted by Gasteiger charge is -2.08. The summed E-state index contributed by atoms with van der Waals surface area (Å²) < 4.78 is 6.65. The van der Waals surface area contributed by atoms with E-state index < -0.39 is 0 Å². The molecule has 0 bridgehead atoms. The summed E-state index contributed by atoms with van der Waals surface area (Å²) in [5, 5.41) is 13.1. The third-order valence-electron chi connectivity index (χ3n) is 4.67. The third kappa shape index (κ3) is 4.89. The number of thiazole rings is 1. The molecule has 0 atom stereocenters. The number of benzene rings is 2. The van der Waals surface area contributed by atoms with Crippen molar-refractivity contribution in [2.75, 3.05) is 11.9 Å². The number of hydrogen-bond donors (Lipinski definition) is 1. The Labute approximate surface area is 188 Å². The molecule has 0 radical (unpaired) electrons. The number of nitrogens with one attached hydrogen (secondary N) is 1.